The number of fused-ring (bicyclic) bond motifs is 1. The predicted octanol–water partition coefficient (Wildman–Crippen LogP) is 2.86. The predicted molar refractivity (Wildman–Crippen MR) is 94.8 cm³/mol. The van der Waals surface area contributed by atoms with Crippen molar-refractivity contribution in [2.45, 2.75) is 13.0 Å². The Kier molecular flexibility index (Phi) is 4.36. The van der Waals surface area contributed by atoms with Gasteiger partial charge in [0.05, 0.1) is 4.92 Å². The van der Waals surface area contributed by atoms with Crippen LogP contribution in [0.15, 0.2) is 47.0 Å². The third kappa shape index (κ3) is 3.34. The molecule has 2 heterocycles. The maximum Gasteiger partial charge on any atom is 0.270 e. The molecule has 1 amide bonds. The number of carbonyl (C=O) groups excluding carboxylic acids is 1. The number of ether oxygens (including phenoxy) is 2. The molecule has 4 rings (SSSR count). The summed E-state index contributed by atoms with van der Waals surface area (Å²) in [5.74, 6) is 1.29. The summed E-state index contributed by atoms with van der Waals surface area (Å²) in [4.78, 5) is 26.9. The molecule has 2 aromatic carbocycles. The van der Waals surface area contributed by atoms with E-state index in [-0.39, 0.29) is 23.9 Å². The summed E-state index contributed by atoms with van der Waals surface area (Å²) in [7, 11) is 0. The first-order chi connectivity index (χ1) is 13.5. The van der Waals surface area contributed by atoms with E-state index in [9.17, 15) is 14.9 Å². The number of amides is 1. The number of nitro benzene ring substituents is 1. The van der Waals surface area contributed by atoms with Crippen LogP contribution in [0.4, 0.5) is 5.69 Å². The molecule has 3 aromatic rings. The van der Waals surface area contributed by atoms with E-state index >= 15 is 0 Å². The summed E-state index contributed by atoms with van der Waals surface area (Å²) >= 11 is 0. The fourth-order valence-electron chi connectivity index (χ4n) is 2.67. The number of non-ortho nitro benzene ring substituents is 1. The number of hydrogen-bond acceptors (Lipinski definition) is 8. The lowest BCUT2D eigenvalue weighted by Gasteiger charge is -2.09. The molecular weight excluding hydrogens is 368 g/mol. The Bertz CT molecular complexity index is 1060. The molecule has 1 aromatic heterocycles. The number of aromatic nitrogens is 2. The fourth-order valence-corrected chi connectivity index (χ4v) is 2.67. The van der Waals surface area contributed by atoms with Crippen molar-refractivity contribution in [2.24, 2.45) is 0 Å². The Labute approximate surface area is 158 Å². The first-order valence-corrected chi connectivity index (χ1v) is 8.30. The number of nitrogens with one attached hydrogen (secondary N) is 1. The maximum absolute atomic E-state index is 12.4. The molecule has 1 aliphatic rings. The van der Waals surface area contributed by atoms with E-state index in [0.29, 0.717) is 22.9 Å². The second kappa shape index (κ2) is 6.99. The van der Waals surface area contributed by atoms with Crippen molar-refractivity contribution >= 4 is 11.6 Å². The van der Waals surface area contributed by atoms with Crippen molar-refractivity contribution in [3.63, 3.8) is 0 Å². The number of nitrogens with zero attached hydrogens (tertiary/aromatic N) is 3. The van der Waals surface area contributed by atoms with Gasteiger partial charge in [0.2, 0.25) is 18.5 Å². The summed E-state index contributed by atoms with van der Waals surface area (Å²) < 4.78 is 15.8. The van der Waals surface area contributed by atoms with E-state index in [1.165, 1.54) is 24.3 Å². The highest BCUT2D eigenvalue weighted by atomic mass is 16.7. The number of benzene rings is 2. The van der Waals surface area contributed by atoms with Gasteiger partial charge in [-0.2, -0.15) is 4.98 Å². The zero-order valence-corrected chi connectivity index (χ0v) is 14.6. The Hall–Kier alpha value is -3.95. The highest BCUT2D eigenvalue weighted by molar-refractivity contribution is 5.95. The topological polar surface area (TPSA) is 130 Å². The van der Waals surface area contributed by atoms with Crippen molar-refractivity contribution in [3.05, 3.63) is 64.0 Å². The van der Waals surface area contributed by atoms with Crippen LogP contribution >= 0.6 is 0 Å². The molecule has 1 N–H and O–H groups in total. The molecule has 142 valence electrons. The Morgan fingerprint density at radius 1 is 1.21 bits per heavy atom. The number of hydrogen-bond donors (Lipinski definition) is 1. The minimum absolute atomic E-state index is 0.163. The molecule has 0 spiro atoms. The van der Waals surface area contributed by atoms with Gasteiger partial charge in [0.15, 0.2) is 11.5 Å². The number of carbonyl (C=O) groups is 1. The van der Waals surface area contributed by atoms with Crippen LogP contribution in [-0.4, -0.2) is 27.8 Å². The standard InChI is InChI=1S/C18H14N4O6/c1-10(19-17(23)12-3-2-4-13(7-12)22(24)25)18-20-16(21-28-18)11-5-6-14-15(8-11)27-9-26-14/h2-8,10H,9H2,1H3,(H,19,23). The maximum atomic E-state index is 12.4. The molecule has 0 bridgehead atoms. The van der Waals surface area contributed by atoms with Crippen LogP contribution in [0, 0.1) is 10.1 Å². The van der Waals surface area contributed by atoms with Crippen LogP contribution in [0.2, 0.25) is 0 Å². The molecule has 1 aliphatic heterocycles. The van der Waals surface area contributed by atoms with Gasteiger partial charge >= 0.3 is 0 Å². The zero-order chi connectivity index (χ0) is 19.7. The smallest absolute Gasteiger partial charge is 0.270 e. The number of rotatable bonds is 5. The third-order valence-corrected chi connectivity index (χ3v) is 4.11. The van der Waals surface area contributed by atoms with Gasteiger partial charge in [-0.25, -0.2) is 0 Å². The molecule has 1 atom stereocenters. The summed E-state index contributed by atoms with van der Waals surface area (Å²) in [6.45, 7) is 1.84. The van der Waals surface area contributed by atoms with Gasteiger partial charge in [-0.3, -0.25) is 14.9 Å². The Morgan fingerprint density at radius 3 is 2.86 bits per heavy atom. The van der Waals surface area contributed by atoms with Gasteiger partial charge in [0.1, 0.15) is 6.04 Å². The third-order valence-electron chi connectivity index (χ3n) is 4.11. The van der Waals surface area contributed by atoms with Crippen LogP contribution < -0.4 is 14.8 Å². The van der Waals surface area contributed by atoms with Crippen molar-refractivity contribution in [2.75, 3.05) is 6.79 Å². The lowest BCUT2D eigenvalue weighted by molar-refractivity contribution is -0.384. The van der Waals surface area contributed by atoms with E-state index in [2.05, 4.69) is 15.5 Å². The van der Waals surface area contributed by atoms with Crippen molar-refractivity contribution < 1.29 is 23.7 Å². The zero-order valence-electron chi connectivity index (χ0n) is 14.6. The van der Waals surface area contributed by atoms with Crippen molar-refractivity contribution in [1.29, 1.82) is 0 Å². The van der Waals surface area contributed by atoms with E-state index < -0.39 is 16.9 Å². The summed E-state index contributed by atoms with van der Waals surface area (Å²) in [6, 6.07) is 10.1. The molecule has 0 fully saturated rings. The molecule has 0 saturated heterocycles. The van der Waals surface area contributed by atoms with Crippen molar-refractivity contribution in [3.8, 4) is 22.9 Å². The quantitative estimate of drug-likeness (QED) is 0.527. The average Bonchev–Trinajstić information content (AvgIpc) is 3.36. The van der Waals surface area contributed by atoms with Crippen LogP contribution in [0.25, 0.3) is 11.4 Å². The average molecular weight is 382 g/mol. The second-order valence-electron chi connectivity index (χ2n) is 6.03. The van der Waals surface area contributed by atoms with Gasteiger partial charge in [0, 0.05) is 23.3 Å². The molecule has 0 saturated carbocycles. The van der Waals surface area contributed by atoms with Crippen LogP contribution in [0.1, 0.15) is 29.2 Å². The molecular formula is C18H14N4O6. The molecule has 0 radical (unpaired) electrons. The second-order valence-corrected chi connectivity index (χ2v) is 6.03. The van der Waals surface area contributed by atoms with E-state index in [4.69, 9.17) is 14.0 Å². The summed E-state index contributed by atoms with van der Waals surface area (Å²) in [6.07, 6.45) is 0. The molecule has 10 heteroatoms. The fraction of sp³-hybridized carbons (Fsp3) is 0.167. The molecule has 0 aliphatic carbocycles. The van der Waals surface area contributed by atoms with Crippen LogP contribution in [0.3, 0.4) is 0 Å². The summed E-state index contributed by atoms with van der Waals surface area (Å²) in [5.41, 5.74) is 0.677. The molecule has 28 heavy (non-hydrogen) atoms. The molecule has 10 nitrogen and oxygen atoms in total. The largest absolute Gasteiger partial charge is 0.454 e. The van der Waals surface area contributed by atoms with Crippen molar-refractivity contribution in [1.82, 2.24) is 15.5 Å². The van der Waals surface area contributed by atoms with Crippen LogP contribution in [-0.2, 0) is 0 Å². The highest BCUT2D eigenvalue weighted by Gasteiger charge is 2.21. The normalized spacial score (nSPS) is 13.2. The summed E-state index contributed by atoms with van der Waals surface area (Å²) in [5, 5.41) is 17.5. The SMILES string of the molecule is CC(NC(=O)c1cccc([N+](=O)[O-])c1)c1nc(-c2ccc3c(c2)OCO3)no1. The van der Waals surface area contributed by atoms with Gasteiger partial charge in [-0.15, -0.1) is 0 Å². The first-order valence-electron chi connectivity index (χ1n) is 8.30. The van der Waals surface area contributed by atoms with Gasteiger partial charge in [-0.05, 0) is 31.2 Å². The van der Waals surface area contributed by atoms with Crippen LogP contribution in [0.5, 0.6) is 11.5 Å². The Balaban J connectivity index is 1.48. The van der Waals surface area contributed by atoms with E-state index in [0.717, 1.165) is 0 Å². The lowest BCUT2D eigenvalue weighted by Crippen LogP contribution is -2.26. The minimum Gasteiger partial charge on any atom is -0.454 e. The monoisotopic (exact) mass is 382 g/mol. The first kappa shape index (κ1) is 17.5. The van der Waals surface area contributed by atoms with Gasteiger partial charge < -0.3 is 19.3 Å². The molecule has 1 unspecified atom stereocenters. The Morgan fingerprint density at radius 2 is 2.04 bits per heavy atom. The number of nitro groups is 1. The van der Waals surface area contributed by atoms with Gasteiger partial charge in [0.25, 0.3) is 11.6 Å². The van der Waals surface area contributed by atoms with E-state index in [1.54, 1.807) is 25.1 Å². The lowest BCUT2D eigenvalue weighted by atomic mass is 10.1. The van der Waals surface area contributed by atoms with E-state index in [1.807, 2.05) is 0 Å². The minimum atomic E-state index is -0.595. The van der Waals surface area contributed by atoms with Gasteiger partial charge in [-0.1, -0.05) is 11.2 Å². The highest BCUT2D eigenvalue weighted by Crippen LogP contribution is 2.35.